The Morgan fingerprint density at radius 3 is 2.80 bits per heavy atom. The van der Waals surface area contributed by atoms with Gasteiger partial charge in [0.25, 0.3) is 0 Å². The van der Waals surface area contributed by atoms with Gasteiger partial charge in [-0.25, -0.2) is 0 Å². The number of aryl methyl sites for hydroxylation is 1. The maximum absolute atomic E-state index is 13.0. The Morgan fingerprint density at radius 1 is 1.12 bits per heavy atom. The quantitative estimate of drug-likeness (QED) is 0.772. The van der Waals surface area contributed by atoms with Crippen molar-refractivity contribution in [3.05, 3.63) is 72.1 Å². The van der Waals surface area contributed by atoms with Crippen LogP contribution in [0.5, 0.6) is 0 Å². The van der Waals surface area contributed by atoms with Gasteiger partial charge in [0.1, 0.15) is 0 Å². The van der Waals surface area contributed by atoms with E-state index < -0.39 is 0 Å². The summed E-state index contributed by atoms with van der Waals surface area (Å²) in [5.74, 6) is 0.209. The highest BCUT2D eigenvalue weighted by molar-refractivity contribution is 6.03. The summed E-state index contributed by atoms with van der Waals surface area (Å²) < 4.78 is 0. The fraction of sp³-hybridized carbons (Fsp3) is 0.238. The van der Waals surface area contributed by atoms with Gasteiger partial charge in [0, 0.05) is 47.4 Å². The first-order valence-corrected chi connectivity index (χ1v) is 8.64. The van der Waals surface area contributed by atoms with E-state index in [1.165, 1.54) is 5.56 Å². The normalized spacial score (nSPS) is 19.9. The first-order chi connectivity index (χ1) is 12.2. The number of anilines is 1. The van der Waals surface area contributed by atoms with E-state index in [-0.39, 0.29) is 17.7 Å². The number of fused-ring (bicyclic) bond motifs is 1. The van der Waals surface area contributed by atoms with Crippen LogP contribution in [0.15, 0.2) is 60.8 Å². The molecule has 4 rings (SSSR count). The topological polar surface area (TPSA) is 54.0 Å². The van der Waals surface area contributed by atoms with Gasteiger partial charge >= 0.3 is 0 Å². The molecule has 3 aromatic rings. The molecule has 2 atom stereocenters. The predicted molar refractivity (Wildman–Crippen MR) is 101 cm³/mol. The third-order valence-corrected chi connectivity index (χ3v) is 4.94. The molecule has 0 bridgehead atoms. The average Bonchev–Trinajstić information content (AvgIpc) is 3.13. The van der Waals surface area contributed by atoms with Crippen molar-refractivity contribution < 1.29 is 4.79 Å². The van der Waals surface area contributed by atoms with Crippen LogP contribution in [0.3, 0.4) is 0 Å². The summed E-state index contributed by atoms with van der Waals surface area (Å²) in [7, 11) is 0. The van der Waals surface area contributed by atoms with Crippen molar-refractivity contribution in [1.29, 1.82) is 0 Å². The van der Waals surface area contributed by atoms with Crippen LogP contribution in [-0.2, 0) is 4.79 Å². The monoisotopic (exact) mass is 331 g/mol. The first-order valence-electron chi connectivity index (χ1n) is 8.64. The molecule has 4 heteroatoms. The van der Waals surface area contributed by atoms with E-state index in [1.807, 2.05) is 55.6 Å². The summed E-state index contributed by atoms with van der Waals surface area (Å²) in [6.07, 6.45) is 1.85. The zero-order valence-electron chi connectivity index (χ0n) is 14.2. The molecule has 0 saturated carbocycles. The van der Waals surface area contributed by atoms with Crippen LogP contribution in [0.2, 0.25) is 0 Å². The van der Waals surface area contributed by atoms with Crippen LogP contribution < -0.4 is 10.6 Å². The molecule has 25 heavy (non-hydrogen) atoms. The lowest BCUT2D eigenvalue weighted by Crippen LogP contribution is -2.28. The van der Waals surface area contributed by atoms with Gasteiger partial charge in [-0.15, -0.1) is 0 Å². The predicted octanol–water partition coefficient (Wildman–Crippen LogP) is 3.48. The molecule has 1 fully saturated rings. The molecule has 0 radical (unpaired) electrons. The highest BCUT2D eigenvalue weighted by atomic mass is 16.1. The van der Waals surface area contributed by atoms with Crippen LogP contribution in [0, 0.1) is 12.8 Å². The van der Waals surface area contributed by atoms with Gasteiger partial charge in [-0.3, -0.25) is 9.78 Å². The molecule has 1 saturated heterocycles. The van der Waals surface area contributed by atoms with E-state index >= 15 is 0 Å². The van der Waals surface area contributed by atoms with Crippen LogP contribution in [-0.4, -0.2) is 24.0 Å². The van der Waals surface area contributed by atoms with Gasteiger partial charge in [-0.1, -0.05) is 42.5 Å². The number of benzene rings is 2. The second kappa shape index (κ2) is 6.65. The van der Waals surface area contributed by atoms with Gasteiger partial charge < -0.3 is 10.6 Å². The van der Waals surface area contributed by atoms with E-state index in [4.69, 9.17) is 0 Å². The molecule has 0 unspecified atom stereocenters. The second-order valence-corrected chi connectivity index (χ2v) is 6.62. The lowest BCUT2D eigenvalue weighted by Gasteiger charge is -2.19. The van der Waals surface area contributed by atoms with Gasteiger partial charge in [0.15, 0.2) is 0 Å². The minimum absolute atomic E-state index is 0.0689. The van der Waals surface area contributed by atoms with Gasteiger partial charge in [-0.2, -0.15) is 0 Å². The molecule has 2 heterocycles. The van der Waals surface area contributed by atoms with Crippen molar-refractivity contribution >= 4 is 22.4 Å². The molecule has 1 amide bonds. The Hall–Kier alpha value is -2.72. The van der Waals surface area contributed by atoms with Crippen molar-refractivity contribution in [2.45, 2.75) is 12.8 Å². The summed E-state index contributed by atoms with van der Waals surface area (Å²) in [4.78, 5) is 17.3. The number of carbonyl (C=O) groups excluding carboxylic acids is 1. The zero-order valence-corrected chi connectivity index (χ0v) is 14.2. The van der Waals surface area contributed by atoms with Gasteiger partial charge in [0.05, 0.1) is 5.92 Å². The maximum Gasteiger partial charge on any atom is 0.229 e. The number of carbonyl (C=O) groups is 1. The third-order valence-electron chi connectivity index (χ3n) is 4.94. The molecule has 4 nitrogen and oxygen atoms in total. The molecule has 1 aliphatic heterocycles. The molecule has 2 aromatic carbocycles. The average molecular weight is 331 g/mol. The van der Waals surface area contributed by atoms with E-state index in [1.54, 1.807) is 0 Å². The third kappa shape index (κ3) is 3.13. The molecule has 2 N–H and O–H groups in total. The van der Waals surface area contributed by atoms with E-state index in [0.717, 1.165) is 28.7 Å². The molecular weight excluding hydrogens is 310 g/mol. The van der Waals surface area contributed by atoms with Crippen LogP contribution >= 0.6 is 0 Å². The first kappa shape index (κ1) is 15.8. The number of amides is 1. The Kier molecular flexibility index (Phi) is 4.20. The summed E-state index contributed by atoms with van der Waals surface area (Å²) in [6, 6.07) is 18.2. The van der Waals surface area contributed by atoms with E-state index in [0.29, 0.717) is 6.54 Å². The van der Waals surface area contributed by atoms with Crippen molar-refractivity contribution in [3.63, 3.8) is 0 Å². The van der Waals surface area contributed by atoms with E-state index in [9.17, 15) is 4.79 Å². The summed E-state index contributed by atoms with van der Waals surface area (Å²) in [5, 5.41) is 8.58. The van der Waals surface area contributed by atoms with Crippen LogP contribution in [0.4, 0.5) is 5.69 Å². The Morgan fingerprint density at radius 2 is 1.96 bits per heavy atom. The highest BCUT2D eigenvalue weighted by Gasteiger charge is 2.34. The molecular formula is C21H21N3O. The largest absolute Gasteiger partial charge is 0.325 e. The maximum atomic E-state index is 13.0. The number of rotatable bonds is 3. The summed E-state index contributed by atoms with van der Waals surface area (Å²) in [5.41, 5.74) is 3.01. The molecule has 126 valence electrons. The molecule has 0 spiro atoms. The number of hydrogen-bond donors (Lipinski definition) is 2. The molecule has 1 aromatic heterocycles. The van der Waals surface area contributed by atoms with Crippen molar-refractivity contribution in [2.24, 2.45) is 5.92 Å². The zero-order chi connectivity index (χ0) is 17.2. The van der Waals surface area contributed by atoms with Crippen LogP contribution in [0.1, 0.15) is 17.2 Å². The Balaban J connectivity index is 1.61. The highest BCUT2D eigenvalue weighted by Crippen LogP contribution is 2.30. The summed E-state index contributed by atoms with van der Waals surface area (Å²) >= 11 is 0. The minimum atomic E-state index is -0.0689. The fourth-order valence-electron chi connectivity index (χ4n) is 3.61. The molecule has 1 aliphatic rings. The van der Waals surface area contributed by atoms with Crippen molar-refractivity contribution in [1.82, 2.24) is 10.3 Å². The number of hydrogen-bond acceptors (Lipinski definition) is 3. The SMILES string of the molecule is Cc1cc2c(NC(=O)[C@@H]3CNC[C@H]3c3ccccc3)cccc2cn1. The molecule has 0 aliphatic carbocycles. The Bertz CT molecular complexity index is 907. The number of nitrogens with one attached hydrogen (secondary N) is 2. The number of aromatic nitrogens is 1. The fourth-order valence-corrected chi connectivity index (χ4v) is 3.61. The lowest BCUT2D eigenvalue weighted by atomic mass is 9.88. The van der Waals surface area contributed by atoms with Crippen molar-refractivity contribution in [2.75, 3.05) is 18.4 Å². The van der Waals surface area contributed by atoms with Crippen molar-refractivity contribution in [3.8, 4) is 0 Å². The number of nitrogens with zero attached hydrogens (tertiary/aromatic N) is 1. The van der Waals surface area contributed by atoms with Gasteiger partial charge in [0.2, 0.25) is 5.91 Å². The second-order valence-electron chi connectivity index (χ2n) is 6.62. The lowest BCUT2D eigenvalue weighted by molar-refractivity contribution is -0.119. The smallest absolute Gasteiger partial charge is 0.229 e. The summed E-state index contributed by atoms with van der Waals surface area (Å²) in [6.45, 7) is 3.50. The number of pyridine rings is 1. The van der Waals surface area contributed by atoms with E-state index in [2.05, 4.69) is 27.8 Å². The van der Waals surface area contributed by atoms with Gasteiger partial charge in [-0.05, 0) is 24.6 Å². The minimum Gasteiger partial charge on any atom is -0.325 e. The Labute approximate surface area is 147 Å². The standard InChI is InChI=1S/C21H21N3O/c1-14-10-17-16(11-23-14)8-5-9-20(17)24-21(25)19-13-22-12-18(19)15-6-3-2-4-7-15/h2-11,18-19,22H,12-13H2,1H3,(H,24,25)/t18-,19+/m0/s1. The van der Waals surface area contributed by atoms with Crippen LogP contribution in [0.25, 0.3) is 10.8 Å².